The van der Waals surface area contributed by atoms with Crippen molar-refractivity contribution >= 4 is 5.90 Å². The van der Waals surface area contributed by atoms with Crippen molar-refractivity contribution in [2.45, 2.75) is 82.8 Å². The van der Waals surface area contributed by atoms with Crippen molar-refractivity contribution in [1.29, 1.82) is 0 Å². The Morgan fingerprint density at radius 2 is 1.67 bits per heavy atom. The minimum Gasteiger partial charge on any atom is -0.472 e. The van der Waals surface area contributed by atoms with E-state index in [2.05, 4.69) is 12.2 Å². The number of hydrogen-bond donors (Lipinski definition) is 0. The molecule has 4 rings (SSSR count). The van der Waals surface area contributed by atoms with Crippen LogP contribution in [0.25, 0.3) is 0 Å². The highest BCUT2D eigenvalue weighted by atomic mass is 16.5. The zero-order chi connectivity index (χ0) is 14.1. The van der Waals surface area contributed by atoms with Crippen LogP contribution >= 0.6 is 0 Å². The van der Waals surface area contributed by atoms with E-state index in [1.165, 1.54) is 70.6 Å². The molecule has 0 saturated heterocycles. The third-order valence-electron chi connectivity index (χ3n) is 6.32. The van der Waals surface area contributed by atoms with Gasteiger partial charge in [-0.15, -0.1) is 0 Å². The minimum atomic E-state index is 0.398. The molecule has 1 aliphatic heterocycles. The fourth-order valence-electron chi connectivity index (χ4n) is 5.14. The lowest BCUT2D eigenvalue weighted by Crippen LogP contribution is -2.41. The second-order valence-corrected chi connectivity index (χ2v) is 7.66. The molecule has 2 heteroatoms. The number of ether oxygens (including phenoxy) is 1. The van der Waals surface area contributed by atoms with Gasteiger partial charge in [-0.2, -0.15) is 0 Å². The summed E-state index contributed by atoms with van der Waals surface area (Å²) in [5.74, 6) is 3.48. The van der Waals surface area contributed by atoms with Gasteiger partial charge in [0.25, 0.3) is 0 Å². The molecule has 2 nitrogen and oxygen atoms in total. The second-order valence-electron chi connectivity index (χ2n) is 7.66. The van der Waals surface area contributed by atoms with Gasteiger partial charge in [-0.1, -0.05) is 44.6 Å². The summed E-state index contributed by atoms with van der Waals surface area (Å²) in [5, 5.41) is 0. The van der Waals surface area contributed by atoms with Crippen LogP contribution in [0.2, 0.25) is 0 Å². The number of fused-ring (bicyclic) bond motifs is 3. The maximum Gasteiger partial charge on any atom is 0.208 e. The molecule has 4 atom stereocenters. The van der Waals surface area contributed by atoms with Crippen molar-refractivity contribution in [3.05, 3.63) is 12.2 Å². The van der Waals surface area contributed by atoms with Gasteiger partial charge in [-0.25, -0.2) is 4.99 Å². The Bertz CT molecular complexity index is 421. The van der Waals surface area contributed by atoms with Crippen LogP contribution < -0.4 is 0 Å². The molecule has 1 heterocycles. The van der Waals surface area contributed by atoms with E-state index in [4.69, 9.17) is 9.73 Å². The normalized spacial score (nSPS) is 40.5. The van der Waals surface area contributed by atoms with E-state index in [0.29, 0.717) is 12.1 Å². The molecule has 0 radical (unpaired) electrons. The monoisotopic (exact) mass is 287 g/mol. The molecule has 21 heavy (non-hydrogen) atoms. The molecule has 4 unspecified atom stereocenters. The molecular formula is C19H29NO. The molecule has 4 aliphatic rings. The number of rotatable bonds is 2. The molecule has 116 valence electrons. The van der Waals surface area contributed by atoms with Crippen LogP contribution in [0.15, 0.2) is 17.1 Å². The molecule has 3 aliphatic carbocycles. The Morgan fingerprint density at radius 3 is 2.57 bits per heavy atom. The number of hydrogen-bond acceptors (Lipinski definition) is 2. The summed E-state index contributed by atoms with van der Waals surface area (Å²) in [7, 11) is 0. The molecule has 0 spiro atoms. The van der Waals surface area contributed by atoms with Crippen LogP contribution in [0.1, 0.15) is 70.6 Å². The van der Waals surface area contributed by atoms with Crippen molar-refractivity contribution in [3.8, 4) is 0 Å². The van der Waals surface area contributed by atoms with E-state index in [1.807, 2.05) is 0 Å². The molecule has 0 bridgehead atoms. The Balaban J connectivity index is 1.42. The topological polar surface area (TPSA) is 21.6 Å². The van der Waals surface area contributed by atoms with Gasteiger partial charge in [0.15, 0.2) is 0 Å². The lowest BCUT2D eigenvalue weighted by molar-refractivity contribution is 0.0577. The maximum absolute atomic E-state index is 6.17. The molecule has 3 saturated carbocycles. The van der Waals surface area contributed by atoms with E-state index in [1.54, 1.807) is 0 Å². The number of nitrogens with zero attached hydrogens (tertiary/aromatic N) is 1. The molecule has 3 fully saturated rings. The number of aliphatic imine (C=N–C) groups is 1. The largest absolute Gasteiger partial charge is 0.472 e. The first-order valence-corrected chi connectivity index (χ1v) is 9.33. The highest BCUT2D eigenvalue weighted by Crippen LogP contribution is 2.44. The second kappa shape index (κ2) is 6.14. The highest BCUT2D eigenvalue weighted by Gasteiger charge is 2.44. The van der Waals surface area contributed by atoms with Gasteiger partial charge in [0.1, 0.15) is 6.10 Å². The van der Waals surface area contributed by atoms with Gasteiger partial charge in [0, 0.05) is 0 Å². The van der Waals surface area contributed by atoms with Gasteiger partial charge >= 0.3 is 0 Å². The highest BCUT2D eigenvalue weighted by molar-refractivity contribution is 5.89. The van der Waals surface area contributed by atoms with E-state index < -0.39 is 0 Å². The van der Waals surface area contributed by atoms with Crippen molar-refractivity contribution in [2.75, 3.05) is 0 Å². The Hall–Kier alpha value is -0.790. The van der Waals surface area contributed by atoms with Gasteiger partial charge in [-0.05, 0) is 55.9 Å². The SMILES string of the molecule is C(=CC1CCCCC1)C1=NC2C(CCC3CCCCC32)O1. The van der Waals surface area contributed by atoms with Crippen LogP contribution in [0.4, 0.5) is 0 Å². The first-order chi connectivity index (χ1) is 10.4. The minimum absolute atomic E-state index is 0.398. The summed E-state index contributed by atoms with van der Waals surface area (Å²) >= 11 is 0. The van der Waals surface area contributed by atoms with Crippen LogP contribution in [0, 0.1) is 17.8 Å². The Kier molecular flexibility index (Phi) is 4.05. The molecular weight excluding hydrogens is 258 g/mol. The summed E-state index contributed by atoms with van der Waals surface area (Å²) in [5.41, 5.74) is 0. The standard InChI is InChI=1S/C19H29NO/c1-2-6-14(7-3-1)10-13-18-20-19-16-9-5-4-8-15(16)11-12-17(19)21-18/h10,13-17,19H,1-9,11-12H2. The van der Waals surface area contributed by atoms with Gasteiger partial charge < -0.3 is 4.74 Å². The van der Waals surface area contributed by atoms with Crippen LogP contribution in [0.3, 0.4) is 0 Å². The summed E-state index contributed by atoms with van der Waals surface area (Å²) in [6.45, 7) is 0. The summed E-state index contributed by atoms with van der Waals surface area (Å²) in [4.78, 5) is 4.99. The zero-order valence-corrected chi connectivity index (χ0v) is 13.2. The molecule has 0 aromatic carbocycles. The third-order valence-corrected chi connectivity index (χ3v) is 6.32. The van der Waals surface area contributed by atoms with Gasteiger partial charge in [0.2, 0.25) is 5.90 Å². The van der Waals surface area contributed by atoms with Crippen LogP contribution in [-0.2, 0) is 4.74 Å². The lowest BCUT2D eigenvalue weighted by atomic mass is 9.68. The molecule has 0 aromatic heterocycles. The summed E-state index contributed by atoms with van der Waals surface area (Å²) in [6, 6.07) is 0.482. The van der Waals surface area contributed by atoms with Crippen LogP contribution in [0.5, 0.6) is 0 Å². The fraction of sp³-hybridized carbons (Fsp3) is 0.842. The lowest BCUT2D eigenvalue weighted by Gasteiger charge is -2.40. The van der Waals surface area contributed by atoms with E-state index in [-0.39, 0.29) is 0 Å². The van der Waals surface area contributed by atoms with Crippen molar-refractivity contribution in [1.82, 2.24) is 0 Å². The average molecular weight is 287 g/mol. The zero-order valence-electron chi connectivity index (χ0n) is 13.2. The van der Waals surface area contributed by atoms with E-state index >= 15 is 0 Å². The predicted octanol–water partition coefficient (Wildman–Crippen LogP) is 4.89. The van der Waals surface area contributed by atoms with Crippen molar-refractivity contribution in [2.24, 2.45) is 22.7 Å². The molecule has 0 aromatic rings. The predicted molar refractivity (Wildman–Crippen MR) is 86.5 cm³/mol. The first-order valence-electron chi connectivity index (χ1n) is 9.33. The van der Waals surface area contributed by atoms with Gasteiger partial charge in [-0.3, -0.25) is 0 Å². The van der Waals surface area contributed by atoms with E-state index in [0.717, 1.165) is 23.7 Å². The number of allylic oxidation sites excluding steroid dienone is 1. The van der Waals surface area contributed by atoms with E-state index in [9.17, 15) is 0 Å². The fourth-order valence-corrected chi connectivity index (χ4v) is 5.14. The van der Waals surface area contributed by atoms with Crippen LogP contribution in [-0.4, -0.2) is 18.0 Å². The maximum atomic E-state index is 6.17. The average Bonchev–Trinajstić information content (AvgIpc) is 2.97. The summed E-state index contributed by atoms with van der Waals surface area (Å²) < 4.78 is 6.17. The third kappa shape index (κ3) is 2.91. The molecule has 0 N–H and O–H groups in total. The Labute approximate surface area is 129 Å². The Morgan fingerprint density at radius 1 is 0.857 bits per heavy atom. The quantitative estimate of drug-likeness (QED) is 0.708. The van der Waals surface area contributed by atoms with Crippen molar-refractivity contribution in [3.63, 3.8) is 0 Å². The van der Waals surface area contributed by atoms with Crippen molar-refractivity contribution < 1.29 is 4.74 Å². The van der Waals surface area contributed by atoms with Gasteiger partial charge in [0.05, 0.1) is 6.04 Å². The smallest absolute Gasteiger partial charge is 0.208 e. The summed E-state index contributed by atoms with van der Waals surface area (Å²) in [6.07, 6.45) is 20.2. The molecule has 0 amide bonds. The first kappa shape index (κ1) is 13.8.